The Morgan fingerprint density at radius 1 is 1.23 bits per heavy atom. The van der Waals surface area contributed by atoms with Crippen LogP contribution in [0.25, 0.3) is 11.0 Å². The molecule has 0 bridgehead atoms. The molecular weight excluding hydrogens is 164 g/mol. The SMILES string of the molecule is C[C@H]1O[C@@H]1c1ccc2occc2c1. The van der Waals surface area contributed by atoms with Gasteiger partial charge in [0.1, 0.15) is 11.7 Å². The molecule has 0 spiro atoms. The van der Waals surface area contributed by atoms with Crippen molar-refractivity contribution in [1.82, 2.24) is 0 Å². The van der Waals surface area contributed by atoms with Crippen LogP contribution in [0.2, 0.25) is 0 Å². The first-order chi connectivity index (χ1) is 6.34. The fourth-order valence-corrected chi connectivity index (χ4v) is 1.70. The third-order valence-electron chi connectivity index (χ3n) is 2.52. The Kier molecular flexibility index (Phi) is 1.30. The van der Waals surface area contributed by atoms with Gasteiger partial charge in [-0.05, 0) is 30.7 Å². The van der Waals surface area contributed by atoms with Crippen LogP contribution in [-0.4, -0.2) is 6.10 Å². The molecular formula is C11H10O2. The summed E-state index contributed by atoms with van der Waals surface area (Å²) in [6, 6.07) is 8.18. The van der Waals surface area contributed by atoms with Gasteiger partial charge >= 0.3 is 0 Å². The minimum atomic E-state index is 0.305. The first-order valence-corrected chi connectivity index (χ1v) is 4.47. The molecule has 0 radical (unpaired) electrons. The van der Waals surface area contributed by atoms with Crippen LogP contribution in [0, 0.1) is 0 Å². The summed E-state index contributed by atoms with van der Waals surface area (Å²) in [5, 5.41) is 1.15. The van der Waals surface area contributed by atoms with Crippen LogP contribution >= 0.6 is 0 Å². The quantitative estimate of drug-likeness (QED) is 0.621. The van der Waals surface area contributed by atoms with Crippen LogP contribution < -0.4 is 0 Å². The van der Waals surface area contributed by atoms with Crippen molar-refractivity contribution in [3.8, 4) is 0 Å². The van der Waals surface area contributed by atoms with Crippen molar-refractivity contribution in [3.05, 3.63) is 36.1 Å². The van der Waals surface area contributed by atoms with E-state index < -0.39 is 0 Å². The zero-order valence-electron chi connectivity index (χ0n) is 7.36. The number of ether oxygens (including phenoxy) is 1. The van der Waals surface area contributed by atoms with E-state index in [2.05, 4.69) is 19.1 Å². The highest BCUT2D eigenvalue weighted by atomic mass is 16.6. The van der Waals surface area contributed by atoms with E-state index in [-0.39, 0.29) is 0 Å². The minimum absolute atomic E-state index is 0.305. The van der Waals surface area contributed by atoms with E-state index in [1.54, 1.807) is 6.26 Å². The van der Waals surface area contributed by atoms with E-state index in [0.717, 1.165) is 11.0 Å². The van der Waals surface area contributed by atoms with Crippen LogP contribution in [0.3, 0.4) is 0 Å². The lowest BCUT2D eigenvalue weighted by molar-refractivity contribution is 0.383. The maximum Gasteiger partial charge on any atom is 0.133 e. The molecule has 0 saturated carbocycles. The number of hydrogen-bond donors (Lipinski definition) is 0. The summed E-state index contributed by atoms with van der Waals surface area (Å²) in [7, 11) is 0. The lowest BCUT2D eigenvalue weighted by Gasteiger charge is -1.94. The second-order valence-electron chi connectivity index (χ2n) is 3.48. The van der Waals surface area contributed by atoms with E-state index in [9.17, 15) is 0 Å². The van der Waals surface area contributed by atoms with Crippen molar-refractivity contribution in [3.63, 3.8) is 0 Å². The van der Waals surface area contributed by atoms with Gasteiger partial charge in [0.15, 0.2) is 0 Å². The summed E-state index contributed by atoms with van der Waals surface area (Å²) in [6.07, 6.45) is 2.40. The molecule has 0 unspecified atom stereocenters. The second-order valence-corrected chi connectivity index (χ2v) is 3.48. The van der Waals surface area contributed by atoms with Gasteiger partial charge < -0.3 is 9.15 Å². The zero-order chi connectivity index (χ0) is 8.84. The second kappa shape index (κ2) is 2.36. The van der Waals surface area contributed by atoms with Crippen molar-refractivity contribution in [2.75, 3.05) is 0 Å². The molecule has 1 aromatic carbocycles. The maximum absolute atomic E-state index is 5.40. The van der Waals surface area contributed by atoms with Gasteiger partial charge in [-0.25, -0.2) is 0 Å². The summed E-state index contributed by atoms with van der Waals surface area (Å²) in [4.78, 5) is 0. The fraction of sp³-hybridized carbons (Fsp3) is 0.273. The molecule has 2 heterocycles. The summed E-state index contributed by atoms with van der Waals surface area (Å²) in [6.45, 7) is 2.09. The Labute approximate surface area is 76.1 Å². The molecule has 1 fully saturated rings. The van der Waals surface area contributed by atoms with Gasteiger partial charge in [-0.2, -0.15) is 0 Å². The van der Waals surface area contributed by atoms with E-state index in [1.807, 2.05) is 12.1 Å². The van der Waals surface area contributed by atoms with Crippen molar-refractivity contribution in [2.45, 2.75) is 19.1 Å². The molecule has 2 nitrogen and oxygen atoms in total. The fourth-order valence-electron chi connectivity index (χ4n) is 1.70. The Morgan fingerprint density at radius 3 is 2.85 bits per heavy atom. The number of furan rings is 1. The van der Waals surface area contributed by atoms with Gasteiger partial charge in [-0.3, -0.25) is 0 Å². The van der Waals surface area contributed by atoms with E-state index in [1.165, 1.54) is 5.56 Å². The average Bonchev–Trinajstić information content (AvgIpc) is 2.70. The molecule has 1 saturated heterocycles. The monoisotopic (exact) mass is 174 g/mol. The van der Waals surface area contributed by atoms with Crippen molar-refractivity contribution >= 4 is 11.0 Å². The van der Waals surface area contributed by atoms with Crippen LogP contribution in [-0.2, 0) is 4.74 Å². The molecule has 0 amide bonds. The molecule has 2 heteroatoms. The van der Waals surface area contributed by atoms with Gasteiger partial charge in [0.2, 0.25) is 0 Å². The topological polar surface area (TPSA) is 25.7 Å². The minimum Gasteiger partial charge on any atom is -0.464 e. The molecule has 1 aliphatic rings. The van der Waals surface area contributed by atoms with Crippen molar-refractivity contribution < 1.29 is 9.15 Å². The van der Waals surface area contributed by atoms with Gasteiger partial charge in [0.25, 0.3) is 0 Å². The highest BCUT2D eigenvalue weighted by Crippen LogP contribution is 2.39. The highest BCUT2D eigenvalue weighted by molar-refractivity contribution is 5.77. The Balaban J connectivity index is 2.10. The zero-order valence-corrected chi connectivity index (χ0v) is 7.36. The Hall–Kier alpha value is -1.28. The van der Waals surface area contributed by atoms with E-state index >= 15 is 0 Å². The van der Waals surface area contributed by atoms with Gasteiger partial charge in [0.05, 0.1) is 12.4 Å². The van der Waals surface area contributed by atoms with E-state index in [0.29, 0.717) is 12.2 Å². The average molecular weight is 174 g/mol. The molecule has 2 atom stereocenters. The van der Waals surface area contributed by atoms with E-state index in [4.69, 9.17) is 9.15 Å². The molecule has 3 rings (SSSR count). The molecule has 0 aliphatic carbocycles. The lowest BCUT2D eigenvalue weighted by atomic mass is 10.1. The molecule has 13 heavy (non-hydrogen) atoms. The first-order valence-electron chi connectivity index (χ1n) is 4.47. The molecule has 0 N–H and O–H groups in total. The van der Waals surface area contributed by atoms with Gasteiger partial charge in [-0.15, -0.1) is 0 Å². The number of rotatable bonds is 1. The Morgan fingerprint density at radius 2 is 2.08 bits per heavy atom. The van der Waals surface area contributed by atoms with Gasteiger partial charge in [-0.1, -0.05) is 6.07 Å². The van der Waals surface area contributed by atoms with Crippen LogP contribution in [0.15, 0.2) is 34.9 Å². The van der Waals surface area contributed by atoms with Crippen LogP contribution in [0.5, 0.6) is 0 Å². The van der Waals surface area contributed by atoms with Crippen LogP contribution in [0.4, 0.5) is 0 Å². The summed E-state index contributed by atoms with van der Waals surface area (Å²) in [5.74, 6) is 0. The predicted octanol–water partition coefficient (Wildman–Crippen LogP) is 2.89. The van der Waals surface area contributed by atoms with Crippen molar-refractivity contribution in [1.29, 1.82) is 0 Å². The standard InChI is InChI=1S/C11H10O2/c1-7-11(13-7)9-2-3-10-8(6-9)4-5-12-10/h2-7,11H,1H3/t7-,11+/m1/s1. The number of fused-ring (bicyclic) bond motifs is 1. The largest absolute Gasteiger partial charge is 0.464 e. The predicted molar refractivity (Wildman–Crippen MR) is 49.5 cm³/mol. The molecule has 1 aromatic heterocycles. The number of hydrogen-bond acceptors (Lipinski definition) is 2. The Bertz CT molecular complexity index is 444. The number of epoxide rings is 1. The first kappa shape index (κ1) is 7.15. The van der Waals surface area contributed by atoms with Gasteiger partial charge in [0, 0.05) is 5.39 Å². The lowest BCUT2D eigenvalue weighted by Crippen LogP contribution is -1.81. The molecule has 2 aromatic rings. The smallest absolute Gasteiger partial charge is 0.133 e. The third kappa shape index (κ3) is 1.06. The summed E-state index contributed by atoms with van der Waals surface area (Å²) >= 11 is 0. The highest BCUT2D eigenvalue weighted by Gasteiger charge is 2.35. The maximum atomic E-state index is 5.40. The molecule has 66 valence electrons. The van der Waals surface area contributed by atoms with Crippen molar-refractivity contribution in [2.24, 2.45) is 0 Å². The molecule has 1 aliphatic heterocycles. The third-order valence-corrected chi connectivity index (χ3v) is 2.52. The van der Waals surface area contributed by atoms with Crippen LogP contribution in [0.1, 0.15) is 18.6 Å². The number of benzene rings is 1. The summed E-state index contributed by atoms with van der Waals surface area (Å²) < 4.78 is 10.7. The normalized spacial score (nSPS) is 26.5. The summed E-state index contributed by atoms with van der Waals surface area (Å²) in [5.41, 5.74) is 2.19.